The van der Waals surface area contributed by atoms with Crippen LogP contribution in [-0.2, 0) is 16.0 Å². The van der Waals surface area contributed by atoms with E-state index < -0.39 is 0 Å². The van der Waals surface area contributed by atoms with Gasteiger partial charge in [0.05, 0.1) is 25.4 Å². The number of pyridine rings is 1. The summed E-state index contributed by atoms with van der Waals surface area (Å²) in [5.74, 6) is 1.71. The Hall–Kier alpha value is -1.13. The van der Waals surface area contributed by atoms with E-state index in [1.807, 2.05) is 12.3 Å². The second-order valence-corrected chi connectivity index (χ2v) is 9.21. The van der Waals surface area contributed by atoms with Gasteiger partial charge in [0, 0.05) is 38.5 Å². The van der Waals surface area contributed by atoms with Crippen LogP contribution in [0.15, 0.2) is 23.3 Å². The molecule has 3 aliphatic rings. The molecule has 1 unspecified atom stereocenters. The number of nitrogens with one attached hydrogen (secondary N) is 1. The lowest BCUT2D eigenvalue weighted by molar-refractivity contribution is -0.0721. The zero-order valence-corrected chi connectivity index (χ0v) is 22.4. The van der Waals surface area contributed by atoms with Gasteiger partial charge in [-0.1, -0.05) is 6.07 Å². The topological polar surface area (TPSA) is 68.2 Å². The van der Waals surface area contributed by atoms with Crippen LogP contribution in [0, 0.1) is 0 Å². The van der Waals surface area contributed by atoms with Crippen molar-refractivity contribution in [2.24, 2.45) is 4.99 Å². The first-order chi connectivity index (χ1) is 15.8. The van der Waals surface area contributed by atoms with Crippen LogP contribution in [0.1, 0.15) is 70.3 Å². The van der Waals surface area contributed by atoms with Crippen molar-refractivity contribution in [2.75, 3.05) is 32.8 Å². The molecule has 8 heteroatoms. The summed E-state index contributed by atoms with van der Waals surface area (Å²) in [6.45, 7) is 7.16. The van der Waals surface area contributed by atoms with E-state index in [0.717, 1.165) is 82.4 Å². The van der Waals surface area contributed by atoms with E-state index in [0.29, 0.717) is 24.9 Å². The molecule has 3 heterocycles. The number of ether oxygens (including phenoxy) is 3. The van der Waals surface area contributed by atoms with E-state index in [-0.39, 0.29) is 24.0 Å². The molecule has 0 aromatic carbocycles. The van der Waals surface area contributed by atoms with E-state index >= 15 is 0 Å². The van der Waals surface area contributed by atoms with Gasteiger partial charge in [-0.05, 0) is 70.3 Å². The van der Waals surface area contributed by atoms with Crippen molar-refractivity contribution < 1.29 is 14.2 Å². The maximum Gasteiger partial charge on any atom is 0.213 e. The molecule has 4 rings (SSSR count). The summed E-state index contributed by atoms with van der Waals surface area (Å²) in [7, 11) is 0. The zero-order chi connectivity index (χ0) is 22.0. The summed E-state index contributed by atoms with van der Waals surface area (Å²) in [5, 5.41) is 3.45. The summed E-state index contributed by atoms with van der Waals surface area (Å²) in [6, 6.07) is 4.06. The number of rotatable bonds is 8. The Balaban J connectivity index is 0.00000306. The molecule has 7 nitrogen and oxygen atoms in total. The number of likely N-dealkylation sites (tertiary alicyclic amines) is 1. The van der Waals surface area contributed by atoms with E-state index in [2.05, 4.69) is 28.2 Å². The van der Waals surface area contributed by atoms with E-state index in [1.165, 1.54) is 25.7 Å². The van der Waals surface area contributed by atoms with Crippen LogP contribution in [0.3, 0.4) is 0 Å². The third kappa shape index (κ3) is 8.55. The maximum atomic E-state index is 6.17. The second-order valence-electron chi connectivity index (χ2n) is 9.21. The fraction of sp³-hybridized carbons (Fsp3) is 0.760. The largest absolute Gasteiger partial charge is 0.474 e. The molecule has 0 bridgehead atoms. The Kier molecular flexibility index (Phi) is 11.5. The molecule has 2 aliphatic heterocycles. The third-order valence-electron chi connectivity index (χ3n) is 6.67. The van der Waals surface area contributed by atoms with E-state index in [9.17, 15) is 0 Å². The molecule has 186 valence electrons. The van der Waals surface area contributed by atoms with Gasteiger partial charge < -0.3 is 24.4 Å². The van der Waals surface area contributed by atoms with Crippen LogP contribution in [-0.4, -0.2) is 67.0 Å². The number of halogens is 1. The molecular weight excluding hydrogens is 531 g/mol. The van der Waals surface area contributed by atoms with Crippen LogP contribution in [0.2, 0.25) is 0 Å². The van der Waals surface area contributed by atoms with Crippen molar-refractivity contribution in [1.82, 2.24) is 15.2 Å². The number of aliphatic imine (C=N–C) groups is 1. The molecule has 1 aliphatic carbocycles. The first kappa shape index (κ1) is 26.5. The molecule has 0 amide bonds. The second kappa shape index (κ2) is 14.3. The van der Waals surface area contributed by atoms with Crippen molar-refractivity contribution in [3.63, 3.8) is 0 Å². The summed E-state index contributed by atoms with van der Waals surface area (Å²) >= 11 is 0. The molecule has 3 fully saturated rings. The van der Waals surface area contributed by atoms with Crippen LogP contribution < -0.4 is 10.1 Å². The molecule has 1 aromatic rings. The number of hydrogen-bond acceptors (Lipinski definition) is 5. The lowest BCUT2D eigenvalue weighted by Gasteiger charge is -2.35. The van der Waals surface area contributed by atoms with Crippen molar-refractivity contribution in [3.05, 3.63) is 23.9 Å². The SMILES string of the molecule is CCNC(=NCc1ccc(OC2CCCC2)nc1)N1CCC(OCC2CCCCO2)CC1.I. The molecule has 1 atom stereocenters. The molecule has 0 radical (unpaired) electrons. The average molecular weight is 573 g/mol. The van der Waals surface area contributed by atoms with Gasteiger partial charge in [-0.3, -0.25) is 0 Å². The van der Waals surface area contributed by atoms with Crippen LogP contribution in [0.4, 0.5) is 0 Å². The maximum absolute atomic E-state index is 6.17. The fourth-order valence-electron chi connectivity index (χ4n) is 4.76. The lowest BCUT2D eigenvalue weighted by Crippen LogP contribution is -2.47. The lowest BCUT2D eigenvalue weighted by atomic mass is 10.1. The van der Waals surface area contributed by atoms with Gasteiger partial charge in [-0.2, -0.15) is 0 Å². The first-order valence-corrected chi connectivity index (χ1v) is 12.7. The first-order valence-electron chi connectivity index (χ1n) is 12.7. The Bertz CT molecular complexity index is 698. The molecule has 1 N–H and O–H groups in total. The summed E-state index contributed by atoms with van der Waals surface area (Å²) in [5.41, 5.74) is 1.10. The summed E-state index contributed by atoms with van der Waals surface area (Å²) in [4.78, 5) is 11.7. The van der Waals surface area contributed by atoms with Crippen molar-refractivity contribution in [3.8, 4) is 5.88 Å². The smallest absolute Gasteiger partial charge is 0.213 e. The monoisotopic (exact) mass is 572 g/mol. The van der Waals surface area contributed by atoms with E-state index in [4.69, 9.17) is 19.2 Å². The Morgan fingerprint density at radius 3 is 2.55 bits per heavy atom. The number of guanidine groups is 1. The quantitative estimate of drug-likeness (QED) is 0.281. The van der Waals surface area contributed by atoms with Gasteiger partial charge in [-0.25, -0.2) is 9.98 Å². The van der Waals surface area contributed by atoms with Gasteiger partial charge in [0.15, 0.2) is 5.96 Å². The van der Waals surface area contributed by atoms with E-state index in [1.54, 1.807) is 0 Å². The molecule has 1 aromatic heterocycles. The molecule has 0 spiro atoms. The van der Waals surface area contributed by atoms with Gasteiger partial charge in [0.1, 0.15) is 6.10 Å². The molecule has 2 saturated heterocycles. The third-order valence-corrected chi connectivity index (χ3v) is 6.67. The summed E-state index contributed by atoms with van der Waals surface area (Å²) < 4.78 is 17.9. The minimum Gasteiger partial charge on any atom is -0.474 e. The van der Waals surface area contributed by atoms with Crippen LogP contribution >= 0.6 is 24.0 Å². The standard InChI is InChI=1S/C25H40N4O3.HI/c1-2-26-25(28-18-20-10-11-24(27-17-20)32-22-7-3-4-8-22)29-14-12-21(13-15-29)31-19-23-9-5-6-16-30-23;/h10-11,17,21-23H,2-9,12-16,18-19H2,1H3,(H,26,28);1H. The Morgan fingerprint density at radius 2 is 1.88 bits per heavy atom. The fourth-order valence-corrected chi connectivity index (χ4v) is 4.76. The average Bonchev–Trinajstić information content (AvgIpc) is 3.35. The highest BCUT2D eigenvalue weighted by Gasteiger charge is 2.24. The number of piperidine rings is 1. The normalized spacial score (nSPS) is 22.8. The minimum absolute atomic E-state index is 0. The van der Waals surface area contributed by atoms with Gasteiger partial charge in [-0.15, -0.1) is 24.0 Å². The number of hydrogen-bond donors (Lipinski definition) is 1. The Labute approximate surface area is 216 Å². The highest BCUT2D eigenvalue weighted by Crippen LogP contribution is 2.23. The highest BCUT2D eigenvalue weighted by atomic mass is 127. The predicted molar refractivity (Wildman–Crippen MR) is 141 cm³/mol. The number of aromatic nitrogens is 1. The van der Waals surface area contributed by atoms with Crippen molar-refractivity contribution in [1.29, 1.82) is 0 Å². The van der Waals surface area contributed by atoms with Crippen LogP contribution in [0.5, 0.6) is 5.88 Å². The van der Waals surface area contributed by atoms with Gasteiger partial charge in [0.2, 0.25) is 5.88 Å². The summed E-state index contributed by atoms with van der Waals surface area (Å²) in [6.07, 6.45) is 13.4. The minimum atomic E-state index is 0. The molecular formula is C25H41IN4O3. The van der Waals surface area contributed by atoms with Gasteiger partial charge in [0.25, 0.3) is 0 Å². The van der Waals surface area contributed by atoms with Crippen molar-refractivity contribution >= 4 is 29.9 Å². The van der Waals surface area contributed by atoms with Crippen LogP contribution in [0.25, 0.3) is 0 Å². The molecule has 1 saturated carbocycles. The van der Waals surface area contributed by atoms with Gasteiger partial charge >= 0.3 is 0 Å². The molecule has 33 heavy (non-hydrogen) atoms. The predicted octanol–water partition coefficient (Wildman–Crippen LogP) is 4.54. The van der Waals surface area contributed by atoms with Crippen molar-refractivity contribution in [2.45, 2.75) is 89.6 Å². The number of nitrogens with zero attached hydrogens (tertiary/aromatic N) is 3. The zero-order valence-electron chi connectivity index (χ0n) is 20.0. The highest BCUT2D eigenvalue weighted by molar-refractivity contribution is 14.0. The Morgan fingerprint density at radius 1 is 1.09 bits per heavy atom.